The van der Waals surface area contributed by atoms with Gasteiger partial charge in [-0.15, -0.1) is 0 Å². The van der Waals surface area contributed by atoms with E-state index in [1.165, 1.54) is 0 Å². The van der Waals surface area contributed by atoms with E-state index in [0.29, 0.717) is 30.4 Å². The molecule has 0 aliphatic heterocycles. The molecule has 274 valence electrons. The molecule has 0 amide bonds. The number of halogens is 1. The fraction of sp³-hybridized carbons (Fsp3) is 0.600. The lowest BCUT2D eigenvalue weighted by Crippen LogP contribution is -2.26. The maximum absolute atomic E-state index is 12.5. The monoisotopic (exact) mass is 702 g/mol. The first kappa shape index (κ1) is 43.6. The largest absolute Gasteiger partial charge is 0.465 e. The molecule has 0 saturated heterocycles. The summed E-state index contributed by atoms with van der Waals surface area (Å²) in [5, 5.41) is 0.570. The van der Waals surface area contributed by atoms with Crippen LogP contribution in [0, 0.1) is 21.7 Å². The van der Waals surface area contributed by atoms with Crippen molar-refractivity contribution in [3.05, 3.63) is 70.7 Å². The van der Waals surface area contributed by atoms with Gasteiger partial charge in [0.1, 0.15) is 0 Å². The number of ether oxygens (including phenoxy) is 4. The van der Waals surface area contributed by atoms with Gasteiger partial charge in [-0.25, -0.2) is 0 Å². The average molecular weight is 703 g/mol. The van der Waals surface area contributed by atoms with Gasteiger partial charge in [0.2, 0.25) is 0 Å². The van der Waals surface area contributed by atoms with Crippen molar-refractivity contribution in [2.45, 2.75) is 108 Å². The lowest BCUT2D eigenvalue weighted by atomic mass is 9.95. The zero-order chi connectivity index (χ0) is 37.6. The van der Waals surface area contributed by atoms with E-state index in [9.17, 15) is 19.2 Å². The minimum atomic E-state index is -0.702. The van der Waals surface area contributed by atoms with E-state index in [1.54, 1.807) is 24.3 Å². The van der Waals surface area contributed by atoms with E-state index >= 15 is 0 Å². The lowest BCUT2D eigenvalue weighted by molar-refractivity contribution is -0.155. The summed E-state index contributed by atoms with van der Waals surface area (Å²) in [7, 11) is 0. The zero-order valence-corrected chi connectivity index (χ0v) is 32.5. The highest BCUT2D eigenvalue weighted by Crippen LogP contribution is 2.27. The van der Waals surface area contributed by atoms with Crippen LogP contribution < -0.4 is 0 Å². The summed E-state index contributed by atoms with van der Waals surface area (Å²) in [6.07, 6.45) is -0.0657. The number of rotatable bonds is 12. The van der Waals surface area contributed by atoms with E-state index < -0.39 is 23.8 Å². The minimum Gasteiger partial charge on any atom is -0.465 e. The van der Waals surface area contributed by atoms with Crippen LogP contribution in [0.2, 0.25) is 5.02 Å². The highest BCUT2D eigenvalue weighted by molar-refractivity contribution is 6.30. The van der Waals surface area contributed by atoms with Crippen LogP contribution in [0.3, 0.4) is 0 Å². The van der Waals surface area contributed by atoms with Crippen LogP contribution in [0.1, 0.15) is 119 Å². The summed E-state index contributed by atoms with van der Waals surface area (Å²) < 4.78 is 21.5. The molecule has 0 bridgehead atoms. The summed E-state index contributed by atoms with van der Waals surface area (Å²) in [4.78, 5) is 49.4. The number of hydrogen-bond acceptors (Lipinski definition) is 8. The normalized spacial score (nSPS) is 13.2. The Morgan fingerprint density at radius 1 is 0.490 bits per heavy atom. The first-order valence-electron chi connectivity index (χ1n) is 16.8. The Morgan fingerprint density at radius 2 is 0.796 bits per heavy atom. The Labute approximate surface area is 299 Å². The van der Waals surface area contributed by atoms with Gasteiger partial charge in [0, 0.05) is 5.02 Å². The van der Waals surface area contributed by atoms with Crippen LogP contribution in [0.15, 0.2) is 54.6 Å². The molecule has 49 heavy (non-hydrogen) atoms. The highest BCUT2D eigenvalue weighted by Gasteiger charge is 2.29. The molecule has 9 heteroatoms. The van der Waals surface area contributed by atoms with Crippen molar-refractivity contribution in [3.63, 3.8) is 0 Å². The molecule has 0 aromatic heterocycles. The van der Waals surface area contributed by atoms with E-state index in [1.807, 2.05) is 113 Å². The predicted molar refractivity (Wildman–Crippen MR) is 194 cm³/mol. The smallest absolute Gasteiger partial charge is 0.314 e. The average Bonchev–Trinajstić information content (AvgIpc) is 2.98. The van der Waals surface area contributed by atoms with Gasteiger partial charge in [0.15, 0.2) is 0 Å². The summed E-state index contributed by atoms with van der Waals surface area (Å²) >= 11 is 5.91. The topological polar surface area (TPSA) is 105 Å². The Hall–Kier alpha value is -3.39. The van der Waals surface area contributed by atoms with Crippen LogP contribution in [-0.2, 0) is 38.1 Å². The maximum Gasteiger partial charge on any atom is 0.314 e. The Morgan fingerprint density at radius 3 is 1.12 bits per heavy atom. The number of benzene rings is 2. The molecule has 0 aliphatic rings. The highest BCUT2D eigenvalue weighted by atomic mass is 35.5. The number of hydrogen-bond donors (Lipinski definition) is 0. The third kappa shape index (κ3) is 20.7. The first-order valence-corrected chi connectivity index (χ1v) is 17.2. The Bertz CT molecular complexity index is 1320. The molecule has 0 fully saturated rings. The summed E-state index contributed by atoms with van der Waals surface area (Å²) in [5.41, 5.74) is 0.958. The molecular formula is C40H59ClO8. The summed E-state index contributed by atoms with van der Waals surface area (Å²) in [5.74, 6) is -2.95. The van der Waals surface area contributed by atoms with Gasteiger partial charge in [0.05, 0.1) is 51.1 Å². The second-order valence-corrected chi connectivity index (χ2v) is 17.7. The maximum atomic E-state index is 12.5. The van der Waals surface area contributed by atoms with Gasteiger partial charge in [-0.2, -0.15) is 0 Å². The van der Waals surface area contributed by atoms with Gasteiger partial charge in [-0.1, -0.05) is 137 Å². The van der Waals surface area contributed by atoms with Crippen molar-refractivity contribution in [1.82, 2.24) is 0 Å². The Kier molecular flexibility index (Phi) is 17.0. The van der Waals surface area contributed by atoms with Crippen LogP contribution in [0.5, 0.6) is 0 Å². The SMILES string of the molecule is CC(C)(C)COC(=O)CC(C(=O)OCC(C)(C)C)c1ccc(Cl)cc1.CC(C)(C)COC(=O)CC(C(=O)OCC(C)(C)C)c1ccccc1. The predicted octanol–water partition coefficient (Wildman–Crippen LogP) is 9.33. The molecule has 2 aromatic carbocycles. The van der Waals surface area contributed by atoms with Crippen molar-refractivity contribution in [2.75, 3.05) is 26.4 Å². The van der Waals surface area contributed by atoms with Gasteiger partial charge in [0.25, 0.3) is 0 Å². The van der Waals surface area contributed by atoms with Crippen molar-refractivity contribution >= 4 is 35.5 Å². The second-order valence-electron chi connectivity index (χ2n) is 17.3. The molecule has 0 heterocycles. The molecule has 0 aliphatic carbocycles. The summed E-state index contributed by atoms with van der Waals surface area (Å²) in [6, 6.07) is 16.1. The standard InChI is InChI=1S/C20H29ClO4.C20H30O4/c1-19(2,3)12-24-17(22)11-16(14-7-9-15(21)10-8-14)18(23)25-13-20(4,5)6;1-19(2,3)13-23-17(21)12-16(15-10-8-7-9-11-15)18(22)24-14-20(4,5)6/h7-10,16H,11-13H2,1-6H3;7-11,16H,12-14H2,1-6H3. The van der Waals surface area contributed by atoms with Crippen molar-refractivity contribution in [3.8, 4) is 0 Å². The van der Waals surface area contributed by atoms with E-state index in [0.717, 1.165) is 5.56 Å². The van der Waals surface area contributed by atoms with Gasteiger partial charge in [-0.3, -0.25) is 19.2 Å². The molecule has 2 rings (SSSR count). The van der Waals surface area contributed by atoms with E-state index in [2.05, 4.69) is 0 Å². The first-order chi connectivity index (χ1) is 22.3. The molecule has 2 atom stereocenters. The molecule has 0 spiro atoms. The zero-order valence-electron chi connectivity index (χ0n) is 31.7. The van der Waals surface area contributed by atoms with Gasteiger partial charge < -0.3 is 18.9 Å². The molecular weight excluding hydrogens is 644 g/mol. The third-order valence-electron chi connectivity index (χ3n) is 6.41. The van der Waals surface area contributed by atoms with E-state index in [-0.39, 0.29) is 53.0 Å². The van der Waals surface area contributed by atoms with Crippen LogP contribution in [0.4, 0.5) is 0 Å². The Balaban J connectivity index is 0.000000490. The quantitative estimate of drug-likeness (QED) is 0.159. The molecule has 2 unspecified atom stereocenters. The van der Waals surface area contributed by atoms with Gasteiger partial charge in [-0.05, 0) is 44.9 Å². The number of carbonyl (C=O) groups is 4. The molecule has 0 saturated carbocycles. The van der Waals surface area contributed by atoms with Crippen LogP contribution >= 0.6 is 11.6 Å². The van der Waals surface area contributed by atoms with Crippen LogP contribution in [-0.4, -0.2) is 50.3 Å². The van der Waals surface area contributed by atoms with Crippen molar-refractivity contribution in [2.24, 2.45) is 21.7 Å². The molecule has 0 radical (unpaired) electrons. The summed E-state index contributed by atoms with van der Waals surface area (Å²) in [6.45, 7) is 25.1. The lowest BCUT2D eigenvalue weighted by Gasteiger charge is -2.22. The fourth-order valence-corrected chi connectivity index (χ4v) is 4.00. The van der Waals surface area contributed by atoms with E-state index in [4.69, 9.17) is 30.5 Å². The fourth-order valence-electron chi connectivity index (χ4n) is 3.88. The third-order valence-corrected chi connectivity index (χ3v) is 6.66. The van der Waals surface area contributed by atoms with Gasteiger partial charge >= 0.3 is 23.9 Å². The number of esters is 4. The number of carbonyl (C=O) groups excluding carboxylic acids is 4. The van der Waals surface area contributed by atoms with Crippen molar-refractivity contribution in [1.29, 1.82) is 0 Å². The van der Waals surface area contributed by atoms with Crippen molar-refractivity contribution < 1.29 is 38.1 Å². The molecule has 8 nitrogen and oxygen atoms in total. The molecule has 0 N–H and O–H groups in total. The molecule has 2 aromatic rings. The minimum absolute atomic E-state index is 0.0108. The van der Waals surface area contributed by atoms with Crippen LogP contribution in [0.25, 0.3) is 0 Å². The second kappa shape index (κ2) is 19.1.